The van der Waals surface area contributed by atoms with Crippen molar-refractivity contribution < 1.29 is 14.4 Å². The second kappa shape index (κ2) is 5.58. The van der Waals surface area contributed by atoms with E-state index in [9.17, 15) is 14.4 Å². The van der Waals surface area contributed by atoms with E-state index in [1.54, 1.807) is 0 Å². The highest BCUT2D eigenvalue weighted by Gasteiger charge is 2.58. The summed E-state index contributed by atoms with van der Waals surface area (Å²) < 4.78 is 0. The van der Waals surface area contributed by atoms with Crippen molar-refractivity contribution in [2.45, 2.75) is 19.8 Å². The van der Waals surface area contributed by atoms with E-state index in [0.29, 0.717) is 0 Å². The van der Waals surface area contributed by atoms with Crippen molar-refractivity contribution in [2.24, 2.45) is 23.7 Å². The number of hydrogen-bond donors (Lipinski definition) is 1. The summed E-state index contributed by atoms with van der Waals surface area (Å²) in [7, 11) is 0. The summed E-state index contributed by atoms with van der Waals surface area (Å²) in [5.41, 5.74) is 1.75. The number of amides is 3. The van der Waals surface area contributed by atoms with E-state index < -0.39 is 0 Å². The number of likely N-dealkylation sites (tertiary alicyclic amines) is 1. The molecule has 1 aromatic rings. The highest BCUT2D eigenvalue weighted by atomic mass is 16.2. The van der Waals surface area contributed by atoms with Gasteiger partial charge in [0.25, 0.3) is 0 Å². The molecular formula is C19H20N2O3. The standard InChI is InChI=1S/C19H20N2O3/c1-11-4-2-3-5-14(11)20-15(22)8-9-21-18(23)16-12-6-7-13(10-12)17(16)19(21)24/h2-7,12-13,16-17H,8-10H2,1H3,(H,20,22)/t12-,13-,16+,17+/m0/s1. The van der Waals surface area contributed by atoms with Crippen LogP contribution in [0, 0.1) is 30.6 Å². The molecule has 1 saturated carbocycles. The van der Waals surface area contributed by atoms with Gasteiger partial charge in [-0.05, 0) is 36.8 Å². The summed E-state index contributed by atoms with van der Waals surface area (Å²) >= 11 is 0. The minimum absolute atomic E-state index is 0.0921. The molecule has 0 radical (unpaired) electrons. The van der Waals surface area contributed by atoms with Crippen molar-refractivity contribution >= 4 is 23.4 Å². The number of imide groups is 1. The van der Waals surface area contributed by atoms with E-state index in [-0.39, 0.29) is 54.4 Å². The van der Waals surface area contributed by atoms with Gasteiger partial charge in [-0.3, -0.25) is 19.3 Å². The van der Waals surface area contributed by atoms with Crippen LogP contribution in [0.4, 0.5) is 5.69 Å². The Morgan fingerprint density at radius 1 is 1.12 bits per heavy atom. The van der Waals surface area contributed by atoms with Gasteiger partial charge in [0, 0.05) is 18.7 Å². The molecule has 0 unspecified atom stereocenters. The first-order valence-electron chi connectivity index (χ1n) is 8.45. The number of rotatable bonds is 4. The Kier molecular flexibility index (Phi) is 3.52. The lowest BCUT2D eigenvalue weighted by molar-refractivity contribution is -0.140. The lowest BCUT2D eigenvalue weighted by Crippen LogP contribution is -2.35. The Morgan fingerprint density at radius 2 is 1.75 bits per heavy atom. The summed E-state index contributed by atoms with van der Waals surface area (Å²) in [4.78, 5) is 38.6. The number of fused-ring (bicyclic) bond motifs is 5. The van der Waals surface area contributed by atoms with Gasteiger partial charge in [0.2, 0.25) is 17.7 Å². The average Bonchev–Trinajstić information content (AvgIpc) is 3.23. The number of nitrogens with one attached hydrogen (secondary N) is 1. The van der Waals surface area contributed by atoms with Crippen LogP contribution < -0.4 is 5.32 Å². The molecule has 2 bridgehead atoms. The van der Waals surface area contributed by atoms with Crippen LogP contribution in [0.3, 0.4) is 0 Å². The Hall–Kier alpha value is -2.43. The highest BCUT2D eigenvalue weighted by Crippen LogP contribution is 2.52. The Balaban J connectivity index is 1.38. The van der Waals surface area contributed by atoms with Crippen molar-refractivity contribution in [3.05, 3.63) is 42.0 Å². The molecule has 1 heterocycles. The minimum Gasteiger partial charge on any atom is -0.326 e. The predicted octanol–water partition coefficient (Wildman–Crippen LogP) is 2.13. The second-order valence-electron chi connectivity index (χ2n) is 6.94. The fourth-order valence-electron chi connectivity index (χ4n) is 4.32. The fourth-order valence-corrected chi connectivity index (χ4v) is 4.32. The largest absolute Gasteiger partial charge is 0.326 e. The molecule has 5 nitrogen and oxygen atoms in total. The zero-order valence-corrected chi connectivity index (χ0v) is 13.6. The lowest BCUT2D eigenvalue weighted by atomic mass is 9.85. The minimum atomic E-state index is -0.188. The third-order valence-corrected chi connectivity index (χ3v) is 5.54. The third-order valence-electron chi connectivity index (χ3n) is 5.54. The first-order chi connectivity index (χ1) is 11.6. The van der Waals surface area contributed by atoms with Crippen LogP contribution in [0.2, 0.25) is 0 Å². The highest BCUT2D eigenvalue weighted by molar-refractivity contribution is 6.06. The molecule has 2 fully saturated rings. The molecule has 124 valence electrons. The van der Waals surface area contributed by atoms with Crippen molar-refractivity contribution in [3.8, 4) is 0 Å². The molecule has 4 rings (SSSR count). The monoisotopic (exact) mass is 324 g/mol. The maximum absolute atomic E-state index is 12.6. The predicted molar refractivity (Wildman–Crippen MR) is 88.9 cm³/mol. The Bertz CT molecular complexity index is 725. The smallest absolute Gasteiger partial charge is 0.233 e. The van der Waals surface area contributed by atoms with Crippen LogP contribution in [0.5, 0.6) is 0 Å². The molecule has 0 spiro atoms. The van der Waals surface area contributed by atoms with Gasteiger partial charge >= 0.3 is 0 Å². The van der Waals surface area contributed by atoms with Gasteiger partial charge in [0.15, 0.2) is 0 Å². The Morgan fingerprint density at radius 3 is 2.38 bits per heavy atom. The molecule has 3 amide bonds. The van der Waals surface area contributed by atoms with Crippen LogP contribution in [-0.4, -0.2) is 29.2 Å². The summed E-state index contributed by atoms with van der Waals surface area (Å²) in [6.45, 7) is 2.09. The molecule has 4 atom stereocenters. The van der Waals surface area contributed by atoms with E-state index in [0.717, 1.165) is 17.7 Å². The lowest BCUT2D eigenvalue weighted by Gasteiger charge is -2.17. The number of nitrogens with zero attached hydrogens (tertiary/aromatic N) is 1. The normalized spacial score (nSPS) is 30.1. The maximum Gasteiger partial charge on any atom is 0.233 e. The van der Waals surface area contributed by atoms with Crippen LogP contribution >= 0.6 is 0 Å². The molecule has 0 aromatic heterocycles. The molecule has 24 heavy (non-hydrogen) atoms. The van der Waals surface area contributed by atoms with Gasteiger partial charge < -0.3 is 5.32 Å². The van der Waals surface area contributed by atoms with Crippen LogP contribution in [0.15, 0.2) is 36.4 Å². The van der Waals surface area contributed by atoms with Crippen LogP contribution in [-0.2, 0) is 14.4 Å². The maximum atomic E-state index is 12.6. The molecule has 1 aromatic carbocycles. The average molecular weight is 324 g/mol. The van der Waals surface area contributed by atoms with E-state index in [1.165, 1.54) is 4.90 Å². The van der Waals surface area contributed by atoms with Gasteiger partial charge in [-0.25, -0.2) is 0 Å². The van der Waals surface area contributed by atoms with E-state index >= 15 is 0 Å². The summed E-state index contributed by atoms with van der Waals surface area (Å²) in [5, 5.41) is 2.84. The molecule has 1 N–H and O–H groups in total. The number of anilines is 1. The number of para-hydroxylation sites is 1. The molecule has 2 aliphatic carbocycles. The van der Waals surface area contributed by atoms with Gasteiger partial charge in [-0.2, -0.15) is 0 Å². The van der Waals surface area contributed by atoms with Crippen LogP contribution in [0.1, 0.15) is 18.4 Å². The van der Waals surface area contributed by atoms with Crippen molar-refractivity contribution in [1.29, 1.82) is 0 Å². The number of hydrogen-bond acceptors (Lipinski definition) is 3. The zero-order valence-electron chi connectivity index (χ0n) is 13.6. The molecule has 1 saturated heterocycles. The SMILES string of the molecule is Cc1ccccc1NC(=O)CCN1C(=O)[C@H]2[C@H](C1=O)[C@H]1C=C[C@H]2C1. The van der Waals surface area contributed by atoms with Gasteiger partial charge in [0.1, 0.15) is 0 Å². The van der Waals surface area contributed by atoms with E-state index in [1.807, 2.05) is 31.2 Å². The molecular weight excluding hydrogens is 304 g/mol. The summed E-state index contributed by atoms with van der Waals surface area (Å²) in [6, 6.07) is 7.54. The second-order valence-corrected chi connectivity index (χ2v) is 6.94. The topological polar surface area (TPSA) is 66.5 Å². The molecule has 1 aliphatic heterocycles. The van der Waals surface area contributed by atoms with Crippen molar-refractivity contribution in [2.75, 3.05) is 11.9 Å². The summed E-state index contributed by atoms with van der Waals surface area (Å²) in [5.74, 6) is -0.317. The summed E-state index contributed by atoms with van der Waals surface area (Å²) in [6.07, 6.45) is 5.21. The van der Waals surface area contributed by atoms with Gasteiger partial charge in [-0.15, -0.1) is 0 Å². The number of benzene rings is 1. The first-order valence-corrected chi connectivity index (χ1v) is 8.45. The number of allylic oxidation sites excluding steroid dienone is 2. The first kappa shape index (κ1) is 15.1. The zero-order chi connectivity index (χ0) is 16.8. The van der Waals surface area contributed by atoms with Crippen molar-refractivity contribution in [3.63, 3.8) is 0 Å². The number of carbonyl (C=O) groups excluding carboxylic acids is 3. The van der Waals surface area contributed by atoms with E-state index in [4.69, 9.17) is 0 Å². The van der Waals surface area contributed by atoms with Crippen LogP contribution in [0.25, 0.3) is 0 Å². The van der Waals surface area contributed by atoms with Crippen molar-refractivity contribution in [1.82, 2.24) is 4.90 Å². The van der Waals surface area contributed by atoms with E-state index in [2.05, 4.69) is 17.5 Å². The van der Waals surface area contributed by atoms with Gasteiger partial charge in [0.05, 0.1) is 11.8 Å². The third kappa shape index (κ3) is 2.27. The number of aryl methyl sites for hydroxylation is 1. The number of carbonyl (C=O) groups is 3. The van der Waals surface area contributed by atoms with Gasteiger partial charge in [-0.1, -0.05) is 30.4 Å². The fraction of sp³-hybridized carbons (Fsp3) is 0.421. The molecule has 5 heteroatoms. The molecule has 3 aliphatic rings. The Labute approximate surface area is 140 Å². The quantitative estimate of drug-likeness (QED) is 0.681.